The van der Waals surface area contributed by atoms with Gasteiger partial charge >= 0.3 is 0 Å². The molecule has 14 heavy (non-hydrogen) atoms. The van der Waals surface area contributed by atoms with Gasteiger partial charge in [-0.3, -0.25) is 0 Å². The zero-order chi connectivity index (χ0) is 11.0. The average molecular weight is 215 g/mol. The monoisotopic (exact) mass is 214 g/mol. The van der Waals surface area contributed by atoms with Crippen LogP contribution in [0.15, 0.2) is 24.3 Å². The predicted octanol–water partition coefficient (Wildman–Crippen LogP) is 4.46. The summed E-state index contributed by atoms with van der Waals surface area (Å²) in [4.78, 5) is 0. The molecule has 1 aromatic rings. The maximum atomic E-state index is 6.00. The second-order valence-corrected chi connectivity index (χ2v) is 3.06. The molecule has 1 nitrogen and oxygen atoms in total. The SMILES string of the molecule is CC.CCC(OC)c1ccccc1Cl. The lowest BCUT2D eigenvalue weighted by Gasteiger charge is -2.14. The fourth-order valence-electron chi connectivity index (χ4n) is 1.25. The number of methoxy groups -OCH3 is 1. The van der Waals surface area contributed by atoms with E-state index >= 15 is 0 Å². The Labute approximate surface area is 92.0 Å². The molecule has 0 heterocycles. The molecule has 0 aliphatic heterocycles. The fourth-order valence-corrected chi connectivity index (χ4v) is 1.51. The molecule has 0 aliphatic rings. The molecule has 1 atom stereocenters. The Morgan fingerprint density at radius 2 is 1.86 bits per heavy atom. The highest BCUT2D eigenvalue weighted by atomic mass is 35.5. The van der Waals surface area contributed by atoms with E-state index in [2.05, 4.69) is 6.92 Å². The molecule has 1 rings (SSSR count). The lowest BCUT2D eigenvalue weighted by Crippen LogP contribution is -1.99. The minimum atomic E-state index is 0.124. The van der Waals surface area contributed by atoms with Crippen molar-refractivity contribution in [3.8, 4) is 0 Å². The molecule has 0 spiro atoms. The molecule has 80 valence electrons. The summed E-state index contributed by atoms with van der Waals surface area (Å²) >= 11 is 6.00. The van der Waals surface area contributed by atoms with Crippen LogP contribution in [0.5, 0.6) is 0 Å². The van der Waals surface area contributed by atoms with Crippen molar-refractivity contribution >= 4 is 11.6 Å². The Bertz CT molecular complexity index is 244. The average Bonchev–Trinajstić information content (AvgIpc) is 2.25. The summed E-state index contributed by atoms with van der Waals surface area (Å²) in [6.07, 6.45) is 1.07. The first kappa shape index (κ1) is 13.5. The molecule has 0 bridgehead atoms. The van der Waals surface area contributed by atoms with E-state index in [1.165, 1.54) is 0 Å². The van der Waals surface area contributed by atoms with E-state index in [0.29, 0.717) is 0 Å². The standard InChI is InChI=1S/C10H13ClO.C2H6/c1-3-10(12-2)8-6-4-5-7-9(8)11;1-2/h4-7,10H,3H2,1-2H3;1-2H3. The Morgan fingerprint density at radius 1 is 1.29 bits per heavy atom. The molecule has 0 aromatic heterocycles. The zero-order valence-electron chi connectivity index (χ0n) is 9.38. The van der Waals surface area contributed by atoms with E-state index in [1.54, 1.807) is 7.11 Å². The highest BCUT2D eigenvalue weighted by Gasteiger charge is 2.10. The predicted molar refractivity (Wildman–Crippen MR) is 62.8 cm³/mol. The zero-order valence-corrected chi connectivity index (χ0v) is 10.1. The van der Waals surface area contributed by atoms with E-state index in [9.17, 15) is 0 Å². The minimum absolute atomic E-state index is 0.124. The molecule has 1 aromatic carbocycles. The molecule has 0 amide bonds. The number of halogens is 1. The molecular formula is C12H19ClO. The van der Waals surface area contributed by atoms with Gasteiger partial charge in [0.25, 0.3) is 0 Å². The number of benzene rings is 1. The van der Waals surface area contributed by atoms with Crippen molar-refractivity contribution in [2.75, 3.05) is 7.11 Å². The smallest absolute Gasteiger partial charge is 0.0832 e. The van der Waals surface area contributed by atoms with Crippen LogP contribution in [-0.4, -0.2) is 7.11 Å². The topological polar surface area (TPSA) is 9.23 Å². The molecule has 0 N–H and O–H groups in total. The molecule has 0 fully saturated rings. The van der Waals surface area contributed by atoms with Gasteiger partial charge in [-0.1, -0.05) is 50.6 Å². The number of ether oxygens (including phenoxy) is 1. The molecule has 0 saturated carbocycles. The molecule has 0 aliphatic carbocycles. The van der Waals surface area contributed by atoms with Gasteiger partial charge in [-0.25, -0.2) is 0 Å². The Balaban J connectivity index is 0.000000791. The first-order valence-corrected chi connectivity index (χ1v) is 5.44. The van der Waals surface area contributed by atoms with Gasteiger partial charge in [-0.2, -0.15) is 0 Å². The third-order valence-electron chi connectivity index (χ3n) is 1.91. The molecule has 0 radical (unpaired) electrons. The molecule has 2 heteroatoms. The number of rotatable bonds is 3. The van der Waals surface area contributed by atoms with Crippen LogP contribution >= 0.6 is 11.6 Å². The van der Waals surface area contributed by atoms with Crippen molar-refractivity contribution in [1.29, 1.82) is 0 Å². The largest absolute Gasteiger partial charge is 0.377 e. The van der Waals surface area contributed by atoms with E-state index in [-0.39, 0.29) is 6.10 Å². The van der Waals surface area contributed by atoms with Crippen molar-refractivity contribution < 1.29 is 4.74 Å². The van der Waals surface area contributed by atoms with Gasteiger partial charge in [-0.05, 0) is 18.1 Å². The third-order valence-corrected chi connectivity index (χ3v) is 2.25. The summed E-state index contributed by atoms with van der Waals surface area (Å²) in [7, 11) is 1.71. The normalized spacial score (nSPS) is 11.5. The van der Waals surface area contributed by atoms with Crippen molar-refractivity contribution in [3.05, 3.63) is 34.9 Å². The number of hydrogen-bond acceptors (Lipinski definition) is 1. The van der Waals surface area contributed by atoms with Crippen LogP contribution in [0.2, 0.25) is 5.02 Å². The van der Waals surface area contributed by atoms with Crippen LogP contribution in [0.1, 0.15) is 38.9 Å². The van der Waals surface area contributed by atoms with Crippen LogP contribution in [0.4, 0.5) is 0 Å². The van der Waals surface area contributed by atoms with Gasteiger partial charge in [0.05, 0.1) is 6.10 Å². The van der Waals surface area contributed by atoms with Crippen LogP contribution in [-0.2, 0) is 4.74 Å². The summed E-state index contributed by atoms with van der Waals surface area (Å²) < 4.78 is 5.28. The highest BCUT2D eigenvalue weighted by molar-refractivity contribution is 6.31. The van der Waals surface area contributed by atoms with Gasteiger partial charge in [0.15, 0.2) is 0 Å². The van der Waals surface area contributed by atoms with Gasteiger partial charge in [0.1, 0.15) is 0 Å². The second kappa shape index (κ2) is 7.84. The maximum Gasteiger partial charge on any atom is 0.0832 e. The van der Waals surface area contributed by atoms with Gasteiger partial charge in [0.2, 0.25) is 0 Å². The fraction of sp³-hybridized carbons (Fsp3) is 0.500. The lowest BCUT2D eigenvalue weighted by atomic mass is 10.1. The minimum Gasteiger partial charge on any atom is -0.377 e. The van der Waals surface area contributed by atoms with Crippen molar-refractivity contribution in [2.45, 2.75) is 33.3 Å². The maximum absolute atomic E-state index is 6.00. The van der Waals surface area contributed by atoms with E-state index in [0.717, 1.165) is 17.0 Å². The quantitative estimate of drug-likeness (QED) is 0.722. The van der Waals surface area contributed by atoms with Gasteiger partial charge in [0, 0.05) is 12.1 Å². The third kappa shape index (κ3) is 3.69. The van der Waals surface area contributed by atoms with Crippen LogP contribution in [0.25, 0.3) is 0 Å². The summed E-state index contributed by atoms with van der Waals surface area (Å²) in [5.41, 5.74) is 1.07. The summed E-state index contributed by atoms with van der Waals surface area (Å²) in [6.45, 7) is 6.08. The number of hydrogen-bond donors (Lipinski definition) is 0. The first-order chi connectivity index (χ1) is 6.79. The summed E-state index contributed by atoms with van der Waals surface area (Å²) in [5.74, 6) is 0. The van der Waals surface area contributed by atoms with E-state index in [4.69, 9.17) is 16.3 Å². The van der Waals surface area contributed by atoms with E-state index in [1.807, 2.05) is 38.1 Å². The van der Waals surface area contributed by atoms with Gasteiger partial charge < -0.3 is 4.74 Å². The molecular weight excluding hydrogens is 196 g/mol. The Morgan fingerprint density at radius 3 is 2.29 bits per heavy atom. The van der Waals surface area contributed by atoms with Crippen LogP contribution < -0.4 is 0 Å². The van der Waals surface area contributed by atoms with Crippen molar-refractivity contribution in [2.24, 2.45) is 0 Å². The molecule has 0 saturated heterocycles. The van der Waals surface area contributed by atoms with Gasteiger partial charge in [-0.15, -0.1) is 0 Å². The lowest BCUT2D eigenvalue weighted by molar-refractivity contribution is 0.100. The highest BCUT2D eigenvalue weighted by Crippen LogP contribution is 2.26. The van der Waals surface area contributed by atoms with Crippen LogP contribution in [0.3, 0.4) is 0 Å². The second-order valence-electron chi connectivity index (χ2n) is 2.65. The van der Waals surface area contributed by atoms with E-state index < -0.39 is 0 Å². The Kier molecular flexibility index (Phi) is 7.54. The van der Waals surface area contributed by atoms with Crippen molar-refractivity contribution in [1.82, 2.24) is 0 Å². The summed E-state index contributed by atoms with van der Waals surface area (Å²) in [5, 5.41) is 0.784. The molecule has 1 unspecified atom stereocenters. The first-order valence-electron chi connectivity index (χ1n) is 5.06. The Hall–Kier alpha value is -0.530. The van der Waals surface area contributed by atoms with Crippen LogP contribution in [0, 0.1) is 0 Å². The summed E-state index contributed by atoms with van der Waals surface area (Å²) in [6, 6.07) is 7.79. The van der Waals surface area contributed by atoms with Crippen molar-refractivity contribution in [3.63, 3.8) is 0 Å².